The highest BCUT2D eigenvalue weighted by Gasteiger charge is 2.23. The molecule has 0 unspecified atom stereocenters. The molecule has 3 rings (SSSR count). The van der Waals surface area contributed by atoms with Gasteiger partial charge in [0.25, 0.3) is 0 Å². The molecule has 0 fully saturated rings. The monoisotopic (exact) mass is 447 g/mol. The van der Waals surface area contributed by atoms with E-state index in [-0.39, 0.29) is 24.4 Å². The van der Waals surface area contributed by atoms with Crippen LogP contribution in [0.5, 0.6) is 0 Å². The summed E-state index contributed by atoms with van der Waals surface area (Å²) in [5.41, 5.74) is 2.18. The Hall–Kier alpha value is -3.54. The van der Waals surface area contributed by atoms with Gasteiger partial charge in [-0.3, -0.25) is 4.79 Å². The molecule has 0 aliphatic heterocycles. The second kappa shape index (κ2) is 12.5. The van der Waals surface area contributed by atoms with Gasteiger partial charge in [-0.05, 0) is 35.6 Å². The standard InChI is InChI=1S/C27H33N3O3/c1-22(2)19-30(27(32)28-18-24-12-7-4-8-13-24)21-26(31)29(20-25-14-9-17-33-25)16-15-23-10-5-3-6-11-23/h3-14,17,22H,15-16,18-21H2,1-2H3,(H,28,32). The lowest BCUT2D eigenvalue weighted by Gasteiger charge is -2.28. The van der Waals surface area contributed by atoms with Gasteiger partial charge in [0, 0.05) is 19.6 Å². The summed E-state index contributed by atoms with van der Waals surface area (Å²) < 4.78 is 5.48. The highest BCUT2D eigenvalue weighted by molar-refractivity contribution is 5.84. The number of nitrogens with zero attached hydrogens (tertiary/aromatic N) is 2. The Morgan fingerprint density at radius 2 is 1.55 bits per heavy atom. The quantitative estimate of drug-likeness (QED) is 0.463. The first-order chi connectivity index (χ1) is 16.0. The molecule has 33 heavy (non-hydrogen) atoms. The van der Waals surface area contributed by atoms with Crippen LogP contribution in [0.25, 0.3) is 0 Å². The number of urea groups is 1. The molecule has 0 spiro atoms. The number of hydrogen-bond acceptors (Lipinski definition) is 3. The summed E-state index contributed by atoms with van der Waals surface area (Å²) in [5.74, 6) is 0.862. The molecule has 2 aromatic carbocycles. The van der Waals surface area contributed by atoms with E-state index < -0.39 is 0 Å². The molecular formula is C27H33N3O3. The molecule has 1 aromatic heterocycles. The van der Waals surface area contributed by atoms with Gasteiger partial charge in [-0.15, -0.1) is 0 Å². The lowest BCUT2D eigenvalue weighted by molar-refractivity contribution is -0.132. The van der Waals surface area contributed by atoms with Crippen molar-refractivity contribution in [2.24, 2.45) is 5.92 Å². The minimum atomic E-state index is -0.234. The van der Waals surface area contributed by atoms with Crippen molar-refractivity contribution in [2.45, 2.75) is 33.4 Å². The molecule has 6 nitrogen and oxygen atoms in total. The average molecular weight is 448 g/mol. The van der Waals surface area contributed by atoms with Gasteiger partial charge in [0.15, 0.2) is 0 Å². The fourth-order valence-corrected chi connectivity index (χ4v) is 3.60. The zero-order chi connectivity index (χ0) is 23.5. The third kappa shape index (κ3) is 8.15. The summed E-state index contributed by atoms with van der Waals surface area (Å²) in [6.45, 7) is 5.95. The van der Waals surface area contributed by atoms with Crippen molar-refractivity contribution in [3.8, 4) is 0 Å². The van der Waals surface area contributed by atoms with Gasteiger partial charge in [-0.2, -0.15) is 0 Å². The fourth-order valence-electron chi connectivity index (χ4n) is 3.60. The number of amides is 3. The Morgan fingerprint density at radius 3 is 2.15 bits per heavy atom. The van der Waals surface area contributed by atoms with Crippen molar-refractivity contribution < 1.29 is 14.0 Å². The van der Waals surface area contributed by atoms with E-state index in [4.69, 9.17) is 4.42 Å². The SMILES string of the molecule is CC(C)CN(CC(=O)N(CCc1ccccc1)Cc1ccco1)C(=O)NCc1ccccc1. The number of rotatable bonds is 11. The van der Waals surface area contributed by atoms with E-state index in [9.17, 15) is 9.59 Å². The smallest absolute Gasteiger partial charge is 0.318 e. The summed E-state index contributed by atoms with van der Waals surface area (Å²) in [6, 6.07) is 23.3. The van der Waals surface area contributed by atoms with Crippen LogP contribution in [-0.4, -0.2) is 41.4 Å². The molecular weight excluding hydrogens is 414 g/mol. The molecule has 0 aliphatic carbocycles. The first-order valence-electron chi connectivity index (χ1n) is 11.4. The number of carbonyl (C=O) groups is 2. The van der Waals surface area contributed by atoms with E-state index in [0.717, 1.165) is 23.3 Å². The van der Waals surface area contributed by atoms with Gasteiger partial charge in [0.2, 0.25) is 5.91 Å². The molecule has 0 bridgehead atoms. The molecule has 0 atom stereocenters. The van der Waals surface area contributed by atoms with Crippen LogP contribution in [0, 0.1) is 5.92 Å². The molecule has 0 aliphatic rings. The van der Waals surface area contributed by atoms with E-state index >= 15 is 0 Å². The Balaban J connectivity index is 1.66. The summed E-state index contributed by atoms with van der Waals surface area (Å²) in [7, 11) is 0. The van der Waals surface area contributed by atoms with Gasteiger partial charge in [-0.25, -0.2) is 4.79 Å². The Bertz CT molecular complexity index is 972. The van der Waals surface area contributed by atoms with Crippen LogP contribution in [0.1, 0.15) is 30.7 Å². The van der Waals surface area contributed by atoms with Crippen LogP contribution in [0.3, 0.4) is 0 Å². The topological polar surface area (TPSA) is 65.8 Å². The molecule has 0 radical (unpaired) electrons. The number of furan rings is 1. The van der Waals surface area contributed by atoms with Gasteiger partial charge in [0.05, 0.1) is 12.8 Å². The second-order valence-corrected chi connectivity index (χ2v) is 8.55. The van der Waals surface area contributed by atoms with Gasteiger partial charge >= 0.3 is 6.03 Å². The van der Waals surface area contributed by atoms with Gasteiger partial charge in [0.1, 0.15) is 12.3 Å². The molecule has 1 N–H and O–H groups in total. The lowest BCUT2D eigenvalue weighted by atomic mass is 10.1. The highest BCUT2D eigenvalue weighted by atomic mass is 16.3. The van der Waals surface area contributed by atoms with Crippen molar-refractivity contribution in [1.29, 1.82) is 0 Å². The maximum Gasteiger partial charge on any atom is 0.318 e. The molecule has 0 saturated carbocycles. The Kier molecular flexibility index (Phi) is 9.12. The van der Waals surface area contributed by atoms with E-state index in [1.165, 1.54) is 0 Å². The Labute approximate surface area is 196 Å². The molecule has 1 heterocycles. The molecule has 174 valence electrons. The first kappa shape index (κ1) is 24.1. The van der Waals surface area contributed by atoms with Crippen LogP contribution in [0.4, 0.5) is 4.79 Å². The predicted molar refractivity (Wildman–Crippen MR) is 129 cm³/mol. The van der Waals surface area contributed by atoms with Crippen LogP contribution in [0.2, 0.25) is 0 Å². The third-order valence-electron chi connectivity index (χ3n) is 5.28. The predicted octanol–water partition coefficient (Wildman–Crippen LogP) is 4.72. The normalized spacial score (nSPS) is 10.8. The molecule has 3 aromatic rings. The largest absolute Gasteiger partial charge is 0.467 e. The fraction of sp³-hybridized carbons (Fsp3) is 0.333. The molecule has 3 amide bonds. The van der Waals surface area contributed by atoms with Crippen molar-refractivity contribution >= 4 is 11.9 Å². The minimum Gasteiger partial charge on any atom is -0.467 e. The maximum absolute atomic E-state index is 13.3. The second-order valence-electron chi connectivity index (χ2n) is 8.55. The van der Waals surface area contributed by atoms with E-state index in [1.54, 1.807) is 16.1 Å². The van der Waals surface area contributed by atoms with E-state index in [0.29, 0.717) is 26.2 Å². The van der Waals surface area contributed by atoms with Crippen LogP contribution in [-0.2, 0) is 24.3 Å². The third-order valence-corrected chi connectivity index (χ3v) is 5.28. The summed E-state index contributed by atoms with van der Waals surface area (Å²) >= 11 is 0. The van der Waals surface area contributed by atoms with Gasteiger partial charge < -0.3 is 19.5 Å². The van der Waals surface area contributed by atoms with E-state index in [1.807, 2.05) is 74.5 Å². The van der Waals surface area contributed by atoms with Crippen molar-refractivity contribution in [1.82, 2.24) is 15.1 Å². The number of nitrogens with one attached hydrogen (secondary N) is 1. The van der Waals surface area contributed by atoms with Crippen LogP contribution in [0.15, 0.2) is 83.5 Å². The summed E-state index contributed by atoms with van der Waals surface area (Å²) in [4.78, 5) is 29.6. The number of hydrogen-bond donors (Lipinski definition) is 1. The zero-order valence-electron chi connectivity index (χ0n) is 19.4. The highest BCUT2D eigenvalue weighted by Crippen LogP contribution is 2.10. The van der Waals surface area contributed by atoms with Crippen molar-refractivity contribution in [2.75, 3.05) is 19.6 Å². The van der Waals surface area contributed by atoms with Crippen molar-refractivity contribution in [3.05, 3.63) is 95.9 Å². The summed E-state index contributed by atoms with van der Waals surface area (Å²) in [5, 5.41) is 2.95. The molecule has 0 saturated heterocycles. The lowest BCUT2D eigenvalue weighted by Crippen LogP contribution is -2.48. The van der Waals surface area contributed by atoms with Crippen molar-refractivity contribution in [3.63, 3.8) is 0 Å². The average Bonchev–Trinajstić information content (AvgIpc) is 3.34. The van der Waals surface area contributed by atoms with E-state index in [2.05, 4.69) is 17.4 Å². The van der Waals surface area contributed by atoms with Crippen LogP contribution < -0.4 is 5.32 Å². The first-order valence-corrected chi connectivity index (χ1v) is 11.4. The molecule has 6 heteroatoms. The maximum atomic E-state index is 13.3. The van der Waals surface area contributed by atoms with Gasteiger partial charge in [-0.1, -0.05) is 74.5 Å². The number of carbonyl (C=O) groups excluding carboxylic acids is 2. The minimum absolute atomic E-state index is 0.0221. The number of benzene rings is 2. The van der Waals surface area contributed by atoms with Crippen LogP contribution >= 0.6 is 0 Å². The zero-order valence-corrected chi connectivity index (χ0v) is 19.4. The Morgan fingerprint density at radius 1 is 0.879 bits per heavy atom. The summed E-state index contributed by atoms with van der Waals surface area (Å²) in [6.07, 6.45) is 2.34.